The predicted molar refractivity (Wildman–Crippen MR) is 64.4 cm³/mol. The van der Waals surface area contributed by atoms with Gasteiger partial charge >= 0.3 is 0 Å². The second-order valence-corrected chi connectivity index (χ2v) is 3.97. The average Bonchev–Trinajstić information content (AvgIpc) is 2.80. The van der Waals surface area contributed by atoms with Gasteiger partial charge in [-0.1, -0.05) is 29.8 Å². The molecule has 0 bridgehead atoms. The van der Waals surface area contributed by atoms with Crippen LogP contribution in [0, 0.1) is 5.82 Å². The number of oxazole rings is 1. The molecule has 0 N–H and O–H groups in total. The summed E-state index contributed by atoms with van der Waals surface area (Å²) >= 11 is 5.83. The topological polar surface area (TPSA) is 26.0 Å². The van der Waals surface area contributed by atoms with Crippen molar-refractivity contribution in [3.05, 3.63) is 53.3 Å². The minimum atomic E-state index is -0.493. The Hall–Kier alpha value is -1.87. The first kappa shape index (κ1) is 10.3. The van der Waals surface area contributed by atoms with E-state index in [0.717, 1.165) is 5.56 Å². The Labute approximate surface area is 102 Å². The Morgan fingerprint density at radius 3 is 2.59 bits per heavy atom. The minimum absolute atomic E-state index is 0.00608. The highest BCUT2D eigenvalue weighted by Crippen LogP contribution is 2.30. The molecule has 3 aromatic rings. The van der Waals surface area contributed by atoms with Crippen LogP contribution in [0.5, 0.6) is 0 Å². The van der Waals surface area contributed by atoms with E-state index in [1.165, 1.54) is 12.1 Å². The van der Waals surface area contributed by atoms with Crippen molar-refractivity contribution < 1.29 is 8.81 Å². The van der Waals surface area contributed by atoms with Gasteiger partial charge in [0.1, 0.15) is 16.4 Å². The van der Waals surface area contributed by atoms with Crippen LogP contribution in [0.1, 0.15) is 0 Å². The van der Waals surface area contributed by atoms with E-state index in [-0.39, 0.29) is 5.02 Å². The lowest BCUT2D eigenvalue weighted by Crippen LogP contribution is -1.78. The highest BCUT2D eigenvalue weighted by Gasteiger charge is 2.13. The third-order valence-electron chi connectivity index (χ3n) is 2.47. The number of hydrogen-bond acceptors (Lipinski definition) is 2. The van der Waals surface area contributed by atoms with E-state index >= 15 is 0 Å². The highest BCUT2D eigenvalue weighted by molar-refractivity contribution is 6.35. The van der Waals surface area contributed by atoms with Crippen LogP contribution >= 0.6 is 11.6 Å². The fourth-order valence-corrected chi connectivity index (χ4v) is 1.84. The van der Waals surface area contributed by atoms with Crippen LogP contribution in [0.4, 0.5) is 4.39 Å². The quantitative estimate of drug-likeness (QED) is 0.641. The van der Waals surface area contributed by atoms with Crippen LogP contribution in [0.2, 0.25) is 5.02 Å². The molecule has 2 nitrogen and oxygen atoms in total. The summed E-state index contributed by atoms with van der Waals surface area (Å²) in [5.74, 6) is -0.0554. The van der Waals surface area contributed by atoms with Gasteiger partial charge in [-0.25, -0.2) is 9.37 Å². The van der Waals surface area contributed by atoms with Crippen molar-refractivity contribution >= 4 is 22.7 Å². The molecule has 0 saturated heterocycles. The Kier molecular flexibility index (Phi) is 2.34. The molecule has 0 amide bonds. The summed E-state index contributed by atoms with van der Waals surface area (Å²) in [6, 6.07) is 12.2. The van der Waals surface area contributed by atoms with Gasteiger partial charge in [0.25, 0.3) is 0 Å². The fraction of sp³-hybridized carbons (Fsp3) is 0. The molecule has 0 fully saturated rings. The summed E-state index contributed by atoms with van der Waals surface area (Å²) in [7, 11) is 0. The lowest BCUT2D eigenvalue weighted by molar-refractivity contribution is 0.614. The van der Waals surface area contributed by atoms with Crippen LogP contribution in [0.25, 0.3) is 22.6 Å². The molecule has 0 aliphatic heterocycles. The molecular formula is C13H7ClFNO. The van der Waals surface area contributed by atoms with Crippen LogP contribution in [0.3, 0.4) is 0 Å². The maximum absolute atomic E-state index is 13.2. The second-order valence-electron chi connectivity index (χ2n) is 3.59. The maximum atomic E-state index is 13.2. The zero-order valence-electron chi connectivity index (χ0n) is 8.65. The number of benzene rings is 2. The van der Waals surface area contributed by atoms with Gasteiger partial charge < -0.3 is 4.42 Å². The largest absolute Gasteiger partial charge is 0.436 e. The number of halogens is 2. The molecule has 0 atom stereocenters. The third-order valence-corrected chi connectivity index (χ3v) is 2.83. The van der Waals surface area contributed by atoms with E-state index in [4.69, 9.17) is 16.0 Å². The molecule has 84 valence electrons. The molecule has 1 heterocycles. The summed E-state index contributed by atoms with van der Waals surface area (Å²) in [6.45, 7) is 0. The van der Waals surface area contributed by atoms with Crippen molar-refractivity contribution in [2.45, 2.75) is 0 Å². The van der Waals surface area contributed by atoms with E-state index in [1.54, 1.807) is 0 Å². The van der Waals surface area contributed by atoms with E-state index in [2.05, 4.69) is 4.98 Å². The van der Waals surface area contributed by atoms with E-state index in [1.807, 2.05) is 30.3 Å². The fourth-order valence-electron chi connectivity index (χ4n) is 1.64. The Balaban J connectivity index is 2.24. The van der Waals surface area contributed by atoms with E-state index in [9.17, 15) is 4.39 Å². The van der Waals surface area contributed by atoms with Gasteiger partial charge in [0.15, 0.2) is 5.58 Å². The van der Waals surface area contributed by atoms with Crippen molar-refractivity contribution in [1.82, 2.24) is 4.98 Å². The van der Waals surface area contributed by atoms with Gasteiger partial charge in [0, 0.05) is 5.56 Å². The van der Waals surface area contributed by atoms with Gasteiger partial charge in [0.05, 0.1) is 0 Å². The predicted octanol–water partition coefficient (Wildman–Crippen LogP) is 4.29. The zero-order chi connectivity index (χ0) is 11.8. The van der Waals surface area contributed by atoms with Crippen molar-refractivity contribution in [1.29, 1.82) is 0 Å². The Bertz CT molecular complexity index is 678. The molecule has 0 radical (unpaired) electrons. The summed E-state index contributed by atoms with van der Waals surface area (Å²) in [4.78, 5) is 4.20. The van der Waals surface area contributed by atoms with Gasteiger partial charge in [-0.15, -0.1) is 0 Å². The van der Waals surface area contributed by atoms with Crippen molar-refractivity contribution in [2.75, 3.05) is 0 Å². The molecular weight excluding hydrogens is 241 g/mol. The van der Waals surface area contributed by atoms with Gasteiger partial charge in [-0.05, 0) is 24.3 Å². The Morgan fingerprint density at radius 2 is 1.82 bits per heavy atom. The van der Waals surface area contributed by atoms with Gasteiger partial charge in [-0.3, -0.25) is 0 Å². The zero-order valence-corrected chi connectivity index (χ0v) is 9.41. The summed E-state index contributed by atoms with van der Waals surface area (Å²) in [6.07, 6.45) is 0. The monoisotopic (exact) mass is 247 g/mol. The smallest absolute Gasteiger partial charge is 0.227 e. The van der Waals surface area contributed by atoms with E-state index < -0.39 is 5.82 Å². The molecule has 1 aromatic heterocycles. The van der Waals surface area contributed by atoms with Crippen LogP contribution in [-0.2, 0) is 0 Å². The van der Waals surface area contributed by atoms with Crippen molar-refractivity contribution in [3.63, 3.8) is 0 Å². The average molecular weight is 248 g/mol. The summed E-state index contributed by atoms with van der Waals surface area (Å²) in [5.41, 5.74) is 1.67. The first-order valence-corrected chi connectivity index (χ1v) is 5.43. The lowest BCUT2D eigenvalue weighted by atomic mass is 10.2. The van der Waals surface area contributed by atoms with Crippen LogP contribution in [0.15, 0.2) is 46.9 Å². The summed E-state index contributed by atoms with van der Waals surface area (Å²) < 4.78 is 18.8. The van der Waals surface area contributed by atoms with Crippen molar-refractivity contribution in [3.8, 4) is 11.5 Å². The minimum Gasteiger partial charge on any atom is -0.436 e. The van der Waals surface area contributed by atoms with Crippen molar-refractivity contribution in [2.24, 2.45) is 0 Å². The molecule has 0 spiro atoms. The van der Waals surface area contributed by atoms with E-state index in [0.29, 0.717) is 17.0 Å². The maximum Gasteiger partial charge on any atom is 0.227 e. The molecule has 2 aromatic carbocycles. The molecule has 0 aliphatic rings. The molecule has 0 saturated carbocycles. The summed E-state index contributed by atoms with van der Waals surface area (Å²) in [5, 5.41) is -0.00608. The SMILES string of the molecule is Fc1ccc2oc(-c3ccccc3)nc2c1Cl. The second kappa shape index (κ2) is 3.86. The first-order chi connectivity index (χ1) is 8.25. The van der Waals surface area contributed by atoms with Gasteiger partial charge in [0.2, 0.25) is 5.89 Å². The lowest BCUT2D eigenvalue weighted by Gasteiger charge is -1.91. The van der Waals surface area contributed by atoms with Crippen LogP contribution in [-0.4, -0.2) is 4.98 Å². The standard InChI is InChI=1S/C13H7ClFNO/c14-11-9(15)6-7-10-12(11)16-13(17-10)8-4-2-1-3-5-8/h1-7H. The number of hydrogen-bond donors (Lipinski definition) is 0. The number of nitrogens with zero attached hydrogens (tertiary/aromatic N) is 1. The molecule has 4 heteroatoms. The third kappa shape index (κ3) is 1.68. The molecule has 0 unspecified atom stereocenters. The number of rotatable bonds is 1. The molecule has 3 rings (SSSR count). The number of fused-ring (bicyclic) bond motifs is 1. The molecule has 17 heavy (non-hydrogen) atoms. The molecule has 0 aliphatic carbocycles. The number of aromatic nitrogens is 1. The van der Waals surface area contributed by atoms with Crippen LogP contribution < -0.4 is 0 Å². The Morgan fingerprint density at radius 1 is 1.06 bits per heavy atom. The normalized spacial score (nSPS) is 10.9. The highest BCUT2D eigenvalue weighted by atomic mass is 35.5. The first-order valence-electron chi connectivity index (χ1n) is 5.05. The van der Waals surface area contributed by atoms with Gasteiger partial charge in [-0.2, -0.15) is 0 Å².